The van der Waals surface area contributed by atoms with Crippen molar-refractivity contribution in [2.75, 3.05) is 0 Å². The number of carbonyl (C=O) groups is 1. The van der Waals surface area contributed by atoms with Gasteiger partial charge in [0.25, 0.3) is 11.5 Å². The number of nitrogens with one attached hydrogen (secondary N) is 2. The second-order valence-electron chi connectivity index (χ2n) is 6.75. The lowest BCUT2D eigenvalue weighted by molar-refractivity contribution is 0.0730. The first-order chi connectivity index (χ1) is 13.0. The summed E-state index contributed by atoms with van der Waals surface area (Å²) in [5.74, 6) is -0.0386. The van der Waals surface area contributed by atoms with E-state index in [1.165, 1.54) is 6.20 Å². The SMILES string of the molecule is Cn1cc(CN(C(=O)c2ccc(-c3c[nH]c(=O)[nH]c3=O)cc2)C2CC2)cn1. The van der Waals surface area contributed by atoms with Crippen LogP contribution >= 0.6 is 0 Å². The smallest absolute Gasteiger partial charge is 0.325 e. The first-order valence-corrected chi connectivity index (χ1v) is 8.72. The van der Waals surface area contributed by atoms with Gasteiger partial charge in [-0.05, 0) is 30.5 Å². The summed E-state index contributed by atoms with van der Waals surface area (Å²) in [5.41, 5.74) is 1.53. The first kappa shape index (κ1) is 17.0. The van der Waals surface area contributed by atoms with Crippen LogP contribution in [-0.2, 0) is 13.6 Å². The summed E-state index contributed by atoms with van der Waals surface area (Å²) in [6.45, 7) is 0.526. The molecule has 3 aromatic rings. The molecule has 0 spiro atoms. The van der Waals surface area contributed by atoms with Crippen LogP contribution in [0.25, 0.3) is 11.1 Å². The van der Waals surface area contributed by atoms with Gasteiger partial charge in [0, 0.05) is 43.2 Å². The monoisotopic (exact) mass is 365 g/mol. The zero-order chi connectivity index (χ0) is 19.0. The van der Waals surface area contributed by atoms with Crippen molar-refractivity contribution in [3.63, 3.8) is 0 Å². The van der Waals surface area contributed by atoms with Crippen LogP contribution < -0.4 is 11.2 Å². The van der Waals surface area contributed by atoms with Gasteiger partial charge in [-0.25, -0.2) is 4.79 Å². The Balaban J connectivity index is 1.57. The number of aromatic amines is 2. The molecule has 2 aromatic heterocycles. The molecule has 4 rings (SSSR count). The Bertz CT molecular complexity index is 1090. The van der Waals surface area contributed by atoms with E-state index in [2.05, 4.69) is 15.1 Å². The van der Waals surface area contributed by atoms with Crippen LogP contribution in [0.5, 0.6) is 0 Å². The molecule has 1 aliphatic rings. The fourth-order valence-corrected chi connectivity index (χ4v) is 3.09. The molecule has 1 saturated carbocycles. The second-order valence-corrected chi connectivity index (χ2v) is 6.75. The van der Waals surface area contributed by atoms with Crippen molar-refractivity contribution in [3.8, 4) is 11.1 Å². The predicted molar refractivity (Wildman–Crippen MR) is 99.2 cm³/mol. The van der Waals surface area contributed by atoms with Gasteiger partial charge in [-0.3, -0.25) is 19.3 Å². The van der Waals surface area contributed by atoms with E-state index >= 15 is 0 Å². The van der Waals surface area contributed by atoms with Gasteiger partial charge >= 0.3 is 5.69 Å². The van der Waals surface area contributed by atoms with Crippen LogP contribution in [-0.4, -0.2) is 36.6 Å². The lowest BCUT2D eigenvalue weighted by Crippen LogP contribution is -2.32. The summed E-state index contributed by atoms with van der Waals surface area (Å²) in [6.07, 6.45) is 7.08. The molecule has 0 saturated heterocycles. The Kier molecular flexibility index (Phi) is 4.23. The lowest BCUT2D eigenvalue weighted by Gasteiger charge is -2.22. The summed E-state index contributed by atoms with van der Waals surface area (Å²) in [7, 11) is 1.85. The number of benzene rings is 1. The van der Waals surface area contributed by atoms with Crippen molar-refractivity contribution in [2.45, 2.75) is 25.4 Å². The van der Waals surface area contributed by atoms with E-state index in [0.717, 1.165) is 18.4 Å². The van der Waals surface area contributed by atoms with Crippen LogP contribution in [0.15, 0.2) is 52.4 Å². The summed E-state index contributed by atoms with van der Waals surface area (Å²) in [4.78, 5) is 42.6. The maximum absolute atomic E-state index is 13.0. The minimum absolute atomic E-state index is 0.0386. The van der Waals surface area contributed by atoms with Crippen molar-refractivity contribution in [2.24, 2.45) is 7.05 Å². The van der Waals surface area contributed by atoms with E-state index in [4.69, 9.17) is 0 Å². The Morgan fingerprint density at radius 1 is 1.26 bits per heavy atom. The molecule has 0 atom stereocenters. The maximum atomic E-state index is 13.0. The van der Waals surface area contributed by atoms with E-state index in [1.54, 1.807) is 35.1 Å². The number of amides is 1. The Labute approximate surface area is 154 Å². The van der Waals surface area contributed by atoms with Gasteiger partial charge in [0.1, 0.15) is 0 Å². The van der Waals surface area contributed by atoms with Crippen LogP contribution in [0, 0.1) is 0 Å². The fourth-order valence-electron chi connectivity index (χ4n) is 3.09. The van der Waals surface area contributed by atoms with E-state index in [1.807, 2.05) is 18.1 Å². The molecule has 8 heteroatoms. The normalized spacial score (nSPS) is 13.5. The van der Waals surface area contributed by atoms with Gasteiger partial charge in [-0.2, -0.15) is 5.10 Å². The average molecular weight is 365 g/mol. The molecule has 138 valence electrons. The van der Waals surface area contributed by atoms with Gasteiger partial charge < -0.3 is 9.88 Å². The molecule has 0 unspecified atom stereocenters. The van der Waals surface area contributed by atoms with Crippen LogP contribution in [0.4, 0.5) is 0 Å². The van der Waals surface area contributed by atoms with Crippen molar-refractivity contribution in [1.29, 1.82) is 0 Å². The van der Waals surface area contributed by atoms with Crippen molar-refractivity contribution in [1.82, 2.24) is 24.6 Å². The number of nitrogens with zero attached hydrogens (tertiary/aromatic N) is 3. The Morgan fingerprint density at radius 3 is 2.59 bits per heavy atom. The summed E-state index contributed by atoms with van der Waals surface area (Å²) < 4.78 is 1.72. The molecule has 8 nitrogen and oxygen atoms in total. The first-order valence-electron chi connectivity index (χ1n) is 8.72. The number of aryl methyl sites for hydroxylation is 1. The minimum atomic E-state index is -0.550. The van der Waals surface area contributed by atoms with Gasteiger partial charge in [-0.15, -0.1) is 0 Å². The highest BCUT2D eigenvalue weighted by Crippen LogP contribution is 2.30. The Morgan fingerprint density at radius 2 is 2.00 bits per heavy atom. The molecule has 1 amide bonds. The van der Waals surface area contributed by atoms with E-state index in [0.29, 0.717) is 23.2 Å². The standard InChI is InChI=1S/C19H19N5O3/c1-23-10-12(8-21-23)11-24(15-6-7-15)18(26)14-4-2-13(3-5-14)16-9-20-19(27)22-17(16)25/h2-5,8-10,15H,6-7,11H2,1H3,(H2,20,22,25,27). The molecule has 1 fully saturated rings. The van der Waals surface area contributed by atoms with Crippen LogP contribution in [0.1, 0.15) is 28.8 Å². The zero-order valence-corrected chi connectivity index (χ0v) is 14.8. The van der Waals surface area contributed by atoms with Gasteiger partial charge in [0.15, 0.2) is 0 Å². The van der Waals surface area contributed by atoms with Crippen molar-refractivity contribution in [3.05, 3.63) is 74.8 Å². The molecule has 2 heterocycles. The number of carbonyl (C=O) groups excluding carboxylic acids is 1. The number of aromatic nitrogens is 4. The molecule has 1 aliphatic carbocycles. The highest BCUT2D eigenvalue weighted by molar-refractivity contribution is 5.95. The third-order valence-corrected chi connectivity index (χ3v) is 4.62. The highest BCUT2D eigenvalue weighted by atomic mass is 16.2. The molecule has 2 N–H and O–H groups in total. The van der Waals surface area contributed by atoms with E-state index < -0.39 is 11.2 Å². The zero-order valence-electron chi connectivity index (χ0n) is 14.8. The van der Waals surface area contributed by atoms with E-state index in [9.17, 15) is 14.4 Å². The summed E-state index contributed by atoms with van der Waals surface area (Å²) >= 11 is 0. The second kappa shape index (κ2) is 6.71. The number of hydrogen-bond acceptors (Lipinski definition) is 4. The molecule has 0 bridgehead atoms. The molecule has 27 heavy (non-hydrogen) atoms. The maximum Gasteiger partial charge on any atom is 0.325 e. The number of hydrogen-bond donors (Lipinski definition) is 2. The topological polar surface area (TPSA) is 104 Å². The average Bonchev–Trinajstić information content (AvgIpc) is 3.41. The van der Waals surface area contributed by atoms with Crippen molar-refractivity contribution >= 4 is 5.91 Å². The number of rotatable bonds is 5. The third-order valence-electron chi connectivity index (χ3n) is 4.62. The number of H-pyrrole nitrogens is 2. The highest BCUT2D eigenvalue weighted by Gasteiger charge is 2.33. The van der Waals surface area contributed by atoms with Gasteiger partial charge in [0.05, 0.1) is 11.8 Å². The van der Waals surface area contributed by atoms with Crippen LogP contribution in [0.2, 0.25) is 0 Å². The quantitative estimate of drug-likeness (QED) is 0.710. The largest absolute Gasteiger partial charge is 0.331 e. The van der Waals surface area contributed by atoms with E-state index in [-0.39, 0.29) is 11.9 Å². The summed E-state index contributed by atoms with van der Waals surface area (Å²) in [5, 5.41) is 4.16. The molecular weight excluding hydrogens is 346 g/mol. The molecule has 0 aliphatic heterocycles. The van der Waals surface area contributed by atoms with Gasteiger partial charge in [0.2, 0.25) is 0 Å². The molecule has 0 radical (unpaired) electrons. The molecular formula is C19H19N5O3. The summed E-state index contributed by atoms with van der Waals surface area (Å²) in [6, 6.07) is 7.11. The Hall–Kier alpha value is -3.42. The molecule has 1 aromatic carbocycles. The predicted octanol–water partition coefficient (Wildman–Crippen LogP) is 1.27. The lowest BCUT2D eigenvalue weighted by atomic mass is 10.1. The van der Waals surface area contributed by atoms with Gasteiger partial charge in [-0.1, -0.05) is 12.1 Å². The third kappa shape index (κ3) is 3.59. The minimum Gasteiger partial charge on any atom is -0.331 e. The van der Waals surface area contributed by atoms with Crippen LogP contribution in [0.3, 0.4) is 0 Å². The van der Waals surface area contributed by atoms with Crippen molar-refractivity contribution < 1.29 is 4.79 Å². The fraction of sp³-hybridized carbons (Fsp3) is 0.263.